The number of aryl methyl sites for hydroxylation is 3. The number of carbonyl (C=O) groups is 1. The lowest BCUT2D eigenvalue weighted by Gasteiger charge is -2.34. The number of nitrogens with one attached hydrogen (secondary N) is 1. The maximum atomic E-state index is 13.0. The van der Waals surface area contributed by atoms with E-state index in [1.165, 1.54) is 4.31 Å². The zero-order chi connectivity index (χ0) is 21.0. The van der Waals surface area contributed by atoms with Crippen molar-refractivity contribution in [2.75, 3.05) is 26.2 Å². The minimum atomic E-state index is -3.56. The van der Waals surface area contributed by atoms with Crippen LogP contribution in [0.15, 0.2) is 45.9 Å². The zero-order valence-corrected chi connectivity index (χ0v) is 18.0. The van der Waals surface area contributed by atoms with Crippen molar-refractivity contribution in [2.45, 2.75) is 44.6 Å². The molecule has 0 spiro atoms. The smallest absolute Gasteiger partial charge is 0.317 e. The van der Waals surface area contributed by atoms with Gasteiger partial charge in [0.2, 0.25) is 10.0 Å². The molecule has 0 bridgehead atoms. The number of carbonyl (C=O) groups excluding carboxylic acids is 1. The first kappa shape index (κ1) is 21.4. The van der Waals surface area contributed by atoms with Crippen molar-refractivity contribution in [3.63, 3.8) is 0 Å². The van der Waals surface area contributed by atoms with Crippen LogP contribution >= 0.6 is 0 Å². The van der Waals surface area contributed by atoms with Crippen LogP contribution in [-0.2, 0) is 16.4 Å². The van der Waals surface area contributed by atoms with Gasteiger partial charge in [0.05, 0.1) is 11.2 Å². The molecule has 1 N–H and O–H groups in total. The Kier molecular flexibility index (Phi) is 6.64. The molecule has 0 radical (unpaired) electrons. The Morgan fingerprint density at radius 3 is 2.55 bits per heavy atom. The molecule has 2 heterocycles. The summed E-state index contributed by atoms with van der Waals surface area (Å²) in [6.45, 7) is 6.99. The van der Waals surface area contributed by atoms with Crippen LogP contribution in [0.25, 0.3) is 0 Å². The van der Waals surface area contributed by atoms with Crippen molar-refractivity contribution >= 4 is 16.1 Å². The Hall–Kier alpha value is -2.32. The van der Waals surface area contributed by atoms with E-state index in [4.69, 9.17) is 4.42 Å². The van der Waals surface area contributed by atoms with E-state index >= 15 is 0 Å². The average molecular weight is 420 g/mol. The Morgan fingerprint density at radius 1 is 1.17 bits per heavy atom. The van der Waals surface area contributed by atoms with Gasteiger partial charge in [0.25, 0.3) is 0 Å². The molecule has 1 saturated heterocycles. The summed E-state index contributed by atoms with van der Waals surface area (Å²) in [5, 5.41) is 2.99. The fraction of sp³-hybridized carbons (Fsp3) is 0.476. The van der Waals surface area contributed by atoms with Crippen LogP contribution in [0, 0.1) is 13.8 Å². The molecule has 0 aliphatic carbocycles. The van der Waals surface area contributed by atoms with E-state index in [2.05, 4.69) is 5.32 Å². The van der Waals surface area contributed by atoms with Crippen LogP contribution in [0.4, 0.5) is 4.79 Å². The Balaban J connectivity index is 1.52. The number of hydrogen-bond acceptors (Lipinski definition) is 4. The van der Waals surface area contributed by atoms with Crippen LogP contribution in [0.1, 0.15) is 30.2 Å². The molecule has 2 aromatic rings. The molecule has 2 amide bonds. The molecular formula is C21H29N3O4S. The lowest BCUT2D eigenvalue weighted by atomic mass is 10.1. The van der Waals surface area contributed by atoms with Crippen LogP contribution in [-0.4, -0.2) is 55.9 Å². The second kappa shape index (κ2) is 9.00. The molecule has 1 aromatic carbocycles. The molecule has 0 saturated carbocycles. The summed E-state index contributed by atoms with van der Waals surface area (Å²) >= 11 is 0. The highest BCUT2D eigenvalue weighted by molar-refractivity contribution is 7.89. The predicted octanol–water partition coefficient (Wildman–Crippen LogP) is 2.93. The Bertz CT molecular complexity index is 933. The van der Waals surface area contributed by atoms with E-state index in [0.717, 1.165) is 29.7 Å². The topological polar surface area (TPSA) is 82.9 Å². The Morgan fingerprint density at radius 2 is 1.90 bits per heavy atom. The number of rotatable bonds is 6. The summed E-state index contributed by atoms with van der Waals surface area (Å²) in [6.07, 6.45) is 3.18. The van der Waals surface area contributed by atoms with Gasteiger partial charge in [0, 0.05) is 38.6 Å². The zero-order valence-electron chi connectivity index (χ0n) is 17.2. The number of urea groups is 1. The van der Waals surface area contributed by atoms with E-state index in [1.807, 2.05) is 38.1 Å². The number of sulfonamides is 1. The van der Waals surface area contributed by atoms with Gasteiger partial charge in [-0.1, -0.05) is 12.1 Å². The van der Waals surface area contributed by atoms with Crippen molar-refractivity contribution in [3.05, 3.63) is 53.5 Å². The SMILES string of the molecule is Cc1ccc(C)c(S(=O)(=O)N2CCN(C(=O)NC(C)CCc3ccco3)CC2)c1. The third-order valence-electron chi connectivity index (χ3n) is 5.26. The van der Waals surface area contributed by atoms with Crippen molar-refractivity contribution in [1.82, 2.24) is 14.5 Å². The van der Waals surface area contributed by atoms with Gasteiger partial charge in [-0.3, -0.25) is 0 Å². The molecule has 158 valence electrons. The van der Waals surface area contributed by atoms with Crippen molar-refractivity contribution in [3.8, 4) is 0 Å². The van der Waals surface area contributed by atoms with E-state index in [0.29, 0.717) is 31.1 Å². The van der Waals surface area contributed by atoms with Crippen LogP contribution in [0.3, 0.4) is 0 Å². The first-order valence-corrected chi connectivity index (χ1v) is 11.4. The summed E-state index contributed by atoms with van der Waals surface area (Å²) in [7, 11) is -3.56. The van der Waals surface area contributed by atoms with Gasteiger partial charge in [0.15, 0.2) is 0 Å². The molecule has 8 heteroatoms. The summed E-state index contributed by atoms with van der Waals surface area (Å²) in [5.74, 6) is 0.899. The second-order valence-electron chi connectivity index (χ2n) is 7.63. The summed E-state index contributed by atoms with van der Waals surface area (Å²) in [5.41, 5.74) is 1.65. The number of furan rings is 1. The minimum Gasteiger partial charge on any atom is -0.469 e. The van der Waals surface area contributed by atoms with Gasteiger partial charge in [-0.15, -0.1) is 0 Å². The number of amides is 2. The lowest BCUT2D eigenvalue weighted by Crippen LogP contribution is -2.54. The maximum Gasteiger partial charge on any atom is 0.317 e. The minimum absolute atomic E-state index is 0.00399. The van der Waals surface area contributed by atoms with E-state index in [-0.39, 0.29) is 12.1 Å². The highest BCUT2D eigenvalue weighted by atomic mass is 32.2. The highest BCUT2D eigenvalue weighted by Gasteiger charge is 2.31. The van der Waals surface area contributed by atoms with Gasteiger partial charge < -0.3 is 14.6 Å². The molecule has 3 rings (SSSR count). The highest BCUT2D eigenvalue weighted by Crippen LogP contribution is 2.22. The number of piperazine rings is 1. The van der Waals surface area contributed by atoms with Crippen LogP contribution < -0.4 is 5.32 Å². The first-order valence-electron chi connectivity index (χ1n) is 9.92. The fourth-order valence-electron chi connectivity index (χ4n) is 3.44. The van der Waals surface area contributed by atoms with Crippen molar-refractivity contribution < 1.29 is 17.6 Å². The molecular weight excluding hydrogens is 390 g/mol. The molecule has 1 fully saturated rings. The lowest BCUT2D eigenvalue weighted by molar-refractivity contribution is 0.169. The second-order valence-corrected chi connectivity index (χ2v) is 9.54. The molecule has 29 heavy (non-hydrogen) atoms. The quantitative estimate of drug-likeness (QED) is 0.780. The third-order valence-corrected chi connectivity index (χ3v) is 7.30. The molecule has 1 aromatic heterocycles. The first-order chi connectivity index (χ1) is 13.8. The van der Waals surface area contributed by atoms with Gasteiger partial charge in [-0.2, -0.15) is 4.31 Å². The molecule has 1 unspecified atom stereocenters. The molecule has 1 atom stereocenters. The van der Waals surface area contributed by atoms with Gasteiger partial charge in [-0.25, -0.2) is 13.2 Å². The predicted molar refractivity (Wildman–Crippen MR) is 111 cm³/mol. The van der Waals surface area contributed by atoms with Crippen molar-refractivity contribution in [2.24, 2.45) is 0 Å². The third kappa shape index (κ3) is 5.19. The fourth-order valence-corrected chi connectivity index (χ4v) is 5.18. The van der Waals surface area contributed by atoms with E-state index < -0.39 is 10.0 Å². The molecule has 1 aliphatic rings. The standard InChI is InChI=1S/C21H29N3O4S/c1-16-6-7-17(2)20(15-16)29(26,27)24-12-10-23(11-13-24)21(25)22-18(3)8-9-19-5-4-14-28-19/h4-7,14-15,18H,8-13H2,1-3H3,(H,22,25). The van der Waals surface area contributed by atoms with Gasteiger partial charge in [-0.05, 0) is 56.5 Å². The summed E-state index contributed by atoms with van der Waals surface area (Å²) in [6, 6.07) is 9.07. The number of hydrogen-bond donors (Lipinski definition) is 1. The molecule has 7 nitrogen and oxygen atoms in total. The summed E-state index contributed by atoms with van der Waals surface area (Å²) in [4.78, 5) is 14.5. The maximum absolute atomic E-state index is 13.0. The van der Waals surface area contributed by atoms with E-state index in [9.17, 15) is 13.2 Å². The number of nitrogens with zero attached hydrogens (tertiary/aromatic N) is 2. The van der Waals surface area contributed by atoms with Gasteiger partial charge >= 0.3 is 6.03 Å². The Labute approximate surface area is 172 Å². The molecule has 1 aliphatic heterocycles. The van der Waals surface area contributed by atoms with Crippen molar-refractivity contribution in [1.29, 1.82) is 0 Å². The van der Waals surface area contributed by atoms with Crippen LogP contribution in [0.2, 0.25) is 0 Å². The summed E-state index contributed by atoms with van der Waals surface area (Å²) < 4.78 is 32.8. The number of benzene rings is 1. The van der Waals surface area contributed by atoms with Gasteiger partial charge in [0.1, 0.15) is 5.76 Å². The normalized spacial score (nSPS) is 16.6. The monoisotopic (exact) mass is 419 g/mol. The largest absolute Gasteiger partial charge is 0.469 e. The average Bonchev–Trinajstić information content (AvgIpc) is 3.22. The van der Waals surface area contributed by atoms with Crippen LogP contribution in [0.5, 0.6) is 0 Å². The van der Waals surface area contributed by atoms with E-state index in [1.54, 1.807) is 24.2 Å².